The van der Waals surface area contributed by atoms with Crippen molar-refractivity contribution < 1.29 is 9.59 Å². The minimum atomic E-state index is -0.559. The van der Waals surface area contributed by atoms with Crippen LogP contribution in [-0.2, 0) is 21.9 Å². The molecule has 0 saturated heterocycles. The summed E-state index contributed by atoms with van der Waals surface area (Å²) < 4.78 is 0.971. The lowest BCUT2D eigenvalue weighted by molar-refractivity contribution is -0.138. The van der Waals surface area contributed by atoms with E-state index in [1.165, 1.54) is 11.8 Å². The van der Waals surface area contributed by atoms with E-state index in [4.69, 9.17) is 23.2 Å². The molecule has 3 rings (SSSR count). The molecule has 0 radical (unpaired) electrons. The van der Waals surface area contributed by atoms with E-state index in [1.807, 2.05) is 24.3 Å². The SMILES string of the molecule is C[C@@H](C(=O)NC1CCCC1)N(Cc1ccc(Br)cc1)C(=O)CSCc1c(Cl)cccc1Cl. The van der Waals surface area contributed by atoms with Crippen LogP contribution in [0.4, 0.5) is 0 Å². The van der Waals surface area contributed by atoms with Crippen molar-refractivity contribution in [1.29, 1.82) is 0 Å². The first kappa shape index (κ1) is 25.4. The van der Waals surface area contributed by atoms with Gasteiger partial charge in [-0.05, 0) is 55.2 Å². The summed E-state index contributed by atoms with van der Waals surface area (Å²) in [7, 11) is 0. The van der Waals surface area contributed by atoms with Crippen LogP contribution in [0.2, 0.25) is 10.0 Å². The van der Waals surface area contributed by atoms with Gasteiger partial charge in [0.1, 0.15) is 6.04 Å². The lowest BCUT2D eigenvalue weighted by Gasteiger charge is -2.29. The normalized spacial score (nSPS) is 14.9. The maximum absolute atomic E-state index is 13.2. The summed E-state index contributed by atoms with van der Waals surface area (Å²) in [4.78, 5) is 27.8. The van der Waals surface area contributed by atoms with Crippen LogP contribution in [0.3, 0.4) is 0 Å². The Labute approximate surface area is 212 Å². The Morgan fingerprint density at radius 2 is 1.75 bits per heavy atom. The zero-order chi connectivity index (χ0) is 23.1. The molecule has 32 heavy (non-hydrogen) atoms. The van der Waals surface area contributed by atoms with Gasteiger partial charge in [0.2, 0.25) is 11.8 Å². The van der Waals surface area contributed by atoms with Crippen LogP contribution < -0.4 is 5.32 Å². The van der Waals surface area contributed by atoms with Crippen molar-refractivity contribution in [3.63, 3.8) is 0 Å². The van der Waals surface area contributed by atoms with E-state index >= 15 is 0 Å². The predicted molar refractivity (Wildman–Crippen MR) is 137 cm³/mol. The molecule has 2 aromatic rings. The molecule has 0 spiro atoms. The van der Waals surface area contributed by atoms with Crippen molar-refractivity contribution in [2.24, 2.45) is 0 Å². The molecule has 172 valence electrons. The number of nitrogens with one attached hydrogen (secondary N) is 1. The molecular formula is C24H27BrCl2N2O2S. The van der Waals surface area contributed by atoms with E-state index in [9.17, 15) is 9.59 Å². The maximum atomic E-state index is 13.2. The van der Waals surface area contributed by atoms with Crippen LogP contribution >= 0.6 is 50.9 Å². The van der Waals surface area contributed by atoms with Gasteiger partial charge >= 0.3 is 0 Å². The van der Waals surface area contributed by atoms with Gasteiger partial charge in [-0.3, -0.25) is 9.59 Å². The maximum Gasteiger partial charge on any atom is 0.242 e. The molecule has 0 aliphatic heterocycles. The number of nitrogens with zero attached hydrogens (tertiary/aromatic N) is 1. The first-order valence-electron chi connectivity index (χ1n) is 10.7. The average Bonchev–Trinajstić information content (AvgIpc) is 3.27. The molecule has 8 heteroatoms. The van der Waals surface area contributed by atoms with Gasteiger partial charge in [-0.2, -0.15) is 0 Å². The van der Waals surface area contributed by atoms with Crippen molar-refractivity contribution in [3.05, 3.63) is 68.1 Å². The standard InChI is InChI=1S/C24H27BrCl2N2O2S/c1-16(24(31)28-19-5-2-3-6-19)29(13-17-9-11-18(25)12-10-17)23(30)15-32-14-20-21(26)7-4-8-22(20)27/h4,7-12,16,19H,2-3,5-6,13-15H2,1H3,(H,28,31)/t16-/m0/s1. The first-order valence-corrected chi connectivity index (χ1v) is 13.4. The Bertz CT molecular complexity index is 916. The van der Waals surface area contributed by atoms with Crippen LogP contribution in [-0.4, -0.2) is 34.6 Å². The predicted octanol–water partition coefficient (Wildman–Crippen LogP) is 6.47. The summed E-state index contributed by atoms with van der Waals surface area (Å²) in [6.07, 6.45) is 4.30. The molecule has 1 atom stereocenters. The minimum Gasteiger partial charge on any atom is -0.352 e. The number of benzene rings is 2. The number of halogens is 3. The number of hydrogen-bond donors (Lipinski definition) is 1. The second-order valence-electron chi connectivity index (χ2n) is 8.01. The highest BCUT2D eigenvalue weighted by molar-refractivity contribution is 9.10. The van der Waals surface area contributed by atoms with E-state index in [-0.39, 0.29) is 23.6 Å². The molecule has 0 unspecified atom stereocenters. The van der Waals surface area contributed by atoms with Crippen LogP contribution in [0.15, 0.2) is 46.9 Å². The van der Waals surface area contributed by atoms with Crippen LogP contribution in [0, 0.1) is 0 Å². The molecule has 2 amide bonds. The Morgan fingerprint density at radius 1 is 1.12 bits per heavy atom. The van der Waals surface area contributed by atoms with E-state index < -0.39 is 6.04 Å². The van der Waals surface area contributed by atoms with Crippen LogP contribution in [0.5, 0.6) is 0 Å². The number of carbonyl (C=O) groups excluding carboxylic acids is 2. The van der Waals surface area contributed by atoms with E-state index in [2.05, 4.69) is 21.2 Å². The average molecular weight is 558 g/mol. The highest BCUT2D eigenvalue weighted by Crippen LogP contribution is 2.28. The smallest absolute Gasteiger partial charge is 0.242 e. The second-order valence-corrected chi connectivity index (χ2v) is 10.7. The molecule has 1 fully saturated rings. The fourth-order valence-corrected chi connectivity index (χ4v) is 5.67. The highest BCUT2D eigenvalue weighted by Gasteiger charge is 2.28. The van der Waals surface area contributed by atoms with Crippen LogP contribution in [0.1, 0.15) is 43.7 Å². The number of hydrogen-bond acceptors (Lipinski definition) is 3. The van der Waals surface area contributed by atoms with Gasteiger partial charge in [-0.25, -0.2) is 0 Å². The van der Waals surface area contributed by atoms with Crippen molar-refractivity contribution in [3.8, 4) is 0 Å². The van der Waals surface area contributed by atoms with E-state index in [0.717, 1.165) is 41.3 Å². The molecule has 4 nitrogen and oxygen atoms in total. The Balaban J connectivity index is 1.67. The topological polar surface area (TPSA) is 49.4 Å². The van der Waals surface area contributed by atoms with E-state index in [0.29, 0.717) is 22.3 Å². The van der Waals surface area contributed by atoms with Gasteiger partial charge in [0.05, 0.1) is 5.75 Å². The number of carbonyl (C=O) groups is 2. The summed E-state index contributed by atoms with van der Waals surface area (Å²) in [5.41, 5.74) is 1.79. The molecule has 1 saturated carbocycles. The lowest BCUT2D eigenvalue weighted by atomic mass is 10.1. The summed E-state index contributed by atoms with van der Waals surface area (Å²) >= 11 is 17.4. The van der Waals surface area contributed by atoms with E-state index in [1.54, 1.807) is 30.0 Å². The monoisotopic (exact) mass is 556 g/mol. The minimum absolute atomic E-state index is 0.0878. The number of thioether (sulfide) groups is 1. The quantitative estimate of drug-likeness (QED) is 0.384. The molecule has 1 aliphatic rings. The molecule has 0 heterocycles. The third-order valence-electron chi connectivity index (χ3n) is 5.67. The van der Waals surface area contributed by atoms with Crippen molar-refractivity contribution in [2.45, 2.75) is 57.0 Å². The van der Waals surface area contributed by atoms with Gasteiger partial charge in [0.25, 0.3) is 0 Å². The summed E-state index contributed by atoms with van der Waals surface area (Å²) in [6, 6.07) is 12.8. The number of amides is 2. The van der Waals surface area contributed by atoms with Crippen LogP contribution in [0.25, 0.3) is 0 Å². The Morgan fingerprint density at radius 3 is 2.38 bits per heavy atom. The zero-order valence-electron chi connectivity index (χ0n) is 18.0. The van der Waals surface area contributed by atoms with Gasteiger partial charge in [-0.1, -0.05) is 70.2 Å². The third kappa shape index (κ3) is 7.14. The highest BCUT2D eigenvalue weighted by atomic mass is 79.9. The fraction of sp³-hybridized carbons (Fsp3) is 0.417. The van der Waals surface area contributed by atoms with Gasteiger partial charge in [0.15, 0.2) is 0 Å². The summed E-state index contributed by atoms with van der Waals surface area (Å²) in [6.45, 7) is 2.18. The Hall–Kier alpha value is -1.21. The van der Waals surface area contributed by atoms with Crippen molar-refractivity contribution >= 4 is 62.7 Å². The van der Waals surface area contributed by atoms with Gasteiger partial charge in [0, 0.05) is 32.9 Å². The third-order valence-corrected chi connectivity index (χ3v) is 7.85. The molecule has 1 aliphatic carbocycles. The van der Waals surface area contributed by atoms with Gasteiger partial charge in [-0.15, -0.1) is 11.8 Å². The van der Waals surface area contributed by atoms with Gasteiger partial charge < -0.3 is 10.2 Å². The molecule has 1 N–H and O–H groups in total. The summed E-state index contributed by atoms with van der Waals surface area (Å²) in [5, 5.41) is 4.31. The van der Waals surface area contributed by atoms with Crippen molar-refractivity contribution in [2.75, 3.05) is 5.75 Å². The lowest BCUT2D eigenvalue weighted by Crippen LogP contribution is -2.50. The summed E-state index contributed by atoms with van der Waals surface area (Å²) in [5.74, 6) is 0.578. The second kappa shape index (κ2) is 12.3. The molecule has 2 aromatic carbocycles. The fourth-order valence-electron chi connectivity index (χ4n) is 3.75. The Kier molecular flexibility index (Phi) is 9.77. The zero-order valence-corrected chi connectivity index (χ0v) is 21.9. The molecule has 0 aromatic heterocycles. The molecule has 0 bridgehead atoms. The largest absolute Gasteiger partial charge is 0.352 e. The molecular weight excluding hydrogens is 531 g/mol. The first-order chi connectivity index (χ1) is 15.3. The van der Waals surface area contributed by atoms with Crippen molar-refractivity contribution in [1.82, 2.24) is 10.2 Å². The number of rotatable bonds is 9.